The summed E-state index contributed by atoms with van der Waals surface area (Å²) in [5, 5.41) is 0.874. The molecule has 0 radical (unpaired) electrons. The molecule has 2 nitrogen and oxygen atoms in total. The molecule has 14 heavy (non-hydrogen) atoms. The van der Waals surface area contributed by atoms with Crippen molar-refractivity contribution in [1.29, 1.82) is 0 Å². The lowest BCUT2D eigenvalue weighted by Gasteiger charge is -2.24. The molecule has 0 fully saturated rings. The summed E-state index contributed by atoms with van der Waals surface area (Å²) in [6.07, 6.45) is 3.19. The zero-order valence-corrected chi connectivity index (χ0v) is 11.1. The van der Waals surface area contributed by atoms with Crippen molar-refractivity contribution >= 4 is 21.8 Å². The molecule has 0 N–H and O–H groups in total. The van der Waals surface area contributed by atoms with Crippen molar-refractivity contribution in [3.63, 3.8) is 0 Å². The zero-order chi connectivity index (χ0) is 11.0. The Labute approximate surface area is 96.2 Å². The highest BCUT2D eigenvalue weighted by Crippen LogP contribution is 2.08. The summed E-state index contributed by atoms with van der Waals surface area (Å²) in [4.78, 5) is 13.9. The molecular weight excluding hydrogens is 242 g/mol. The normalized spacial score (nSPS) is 12.6. The van der Waals surface area contributed by atoms with Crippen molar-refractivity contribution in [1.82, 2.24) is 4.90 Å². The van der Waals surface area contributed by atoms with Gasteiger partial charge in [-0.05, 0) is 12.8 Å². The van der Waals surface area contributed by atoms with Crippen molar-refractivity contribution < 1.29 is 4.79 Å². The van der Waals surface area contributed by atoms with Gasteiger partial charge in [0.2, 0.25) is 5.91 Å². The van der Waals surface area contributed by atoms with Crippen LogP contribution in [-0.4, -0.2) is 29.2 Å². The van der Waals surface area contributed by atoms with Crippen molar-refractivity contribution in [3.8, 4) is 0 Å². The molecule has 1 atom stereocenters. The molecule has 0 bridgehead atoms. The standard InChI is InChI=1S/C11H22BrNO/c1-4-6-8-13(9-7-12)11(14)10(3)5-2/h10H,4-9H2,1-3H3. The van der Waals surface area contributed by atoms with Gasteiger partial charge in [0.1, 0.15) is 0 Å². The Morgan fingerprint density at radius 3 is 2.43 bits per heavy atom. The molecule has 0 aromatic heterocycles. The fourth-order valence-electron chi connectivity index (χ4n) is 1.27. The first-order valence-corrected chi connectivity index (χ1v) is 6.64. The number of carbonyl (C=O) groups excluding carboxylic acids is 1. The van der Waals surface area contributed by atoms with E-state index in [0.29, 0.717) is 5.91 Å². The van der Waals surface area contributed by atoms with Gasteiger partial charge in [-0.25, -0.2) is 0 Å². The van der Waals surface area contributed by atoms with Crippen LogP contribution in [0.3, 0.4) is 0 Å². The van der Waals surface area contributed by atoms with Crippen LogP contribution >= 0.6 is 15.9 Å². The molecule has 1 amide bonds. The second-order valence-electron chi connectivity index (χ2n) is 3.68. The van der Waals surface area contributed by atoms with E-state index in [1.165, 1.54) is 0 Å². The molecule has 0 rings (SSSR count). The predicted octanol–water partition coefficient (Wildman–Crippen LogP) is 3.06. The second-order valence-corrected chi connectivity index (χ2v) is 4.47. The minimum Gasteiger partial charge on any atom is -0.342 e. The first-order valence-electron chi connectivity index (χ1n) is 5.52. The summed E-state index contributed by atoms with van der Waals surface area (Å²) in [7, 11) is 0. The van der Waals surface area contributed by atoms with Gasteiger partial charge in [-0.15, -0.1) is 0 Å². The lowest BCUT2D eigenvalue weighted by atomic mass is 10.1. The first kappa shape index (κ1) is 13.9. The Bertz CT molecular complexity index is 161. The van der Waals surface area contributed by atoms with Crippen molar-refractivity contribution in [2.75, 3.05) is 18.4 Å². The fraction of sp³-hybridized carbons (Fsp3) is 0.909. The van der Waals surface area contributed by atoms with Crippen molar-refractivity contribution in [2.45, 2.75) is 40.0 Å². The lowest BCUT2D eigenvalue weighted by molar-refractivity contribution is -0.134. The summed E-state index contributed by atoms with van der Waals surface area (Å²) in [6, 6.07) is 0. The quantitative estimate of drug-likeness (QED) is 0.647. The Morgan fingerprint density at radius 2 is 2.00 bits per heavy atom. The fourth-order valence-corrected chi connectivity index (χ4v) is 1.70. The van der Waals surface area contributed by atoms with E-state index in [1.807, 2.05) is 11.8 Å². The molecule has 0 aliphatic rings. The SMILES string of the molecule is CCCCN(CCBr)C(=O)C(C)CC. The van der Waals surface area contributed by atoms with Gasteiger partial charge in [0.05, 0.1) is 0 Å². The van der Waals surface area contributed by atoms with Crippen LogP contribution in [-0.2, 0) is 4.79 Å². The summed E-state index contributed by atoms with van der Waals surface area (Å²) in [6.45, 7) is 7.97. The highest BCUT2D eigenvalue weighted by Gasteiger charge is 2.17. The topological polar surface area (TPSA) is 20.3 Å². The average Bonchev–Trinajstić information content (AvgIpc) is 2.22. The highest BCUT2D eigenvalue weighted by atomic mass is 79.9. The van der Waals surface area contributed by atoms with E-state index >= 15 is 0 Å². The van der Waals surface area contributed by atoms with E-state index in [9.17, 15) is 4.79 Å². The Balaban J connectivity index is 4.10. The molecule has 0 saturated carbocycles. The third kappa shape index (κ3) is 4.99. The van der Waals surface area contributed by atoms with Crippen molar-refractivity contribution in [2.24, 2.45) is 5.92 Å². The molecular formula is C11H22BrNO. The summed E-state index contributed by atoms with van der Waals surface area (Å²) >= 11 is 3.39. The minimum atomic E-state index is 0.172. The van der Waals surface area contributed by atoms with Gasteiger partial charge in [0, 0.05) is 24.3 Å². The van der Waals surface area contributed by atoms with Gasteiger partial charge in [-0.1, -0.05) is 43.1 Å². The van der Waals surface area contributed by atoms with Crippen LogP contribution in [0.5, 0.6) is 0 Å². The molecule has 0 heterocycles. The Kier molecular flexibility index (Phi) is 8.24. The number of hydrogen-bond acceptors (Lipinski definition) is 1. The van der Waals surface area contributed by atoms with Crippen LogP contribution in [0.2, 0.25) is 0 Å². The monoisotopic (exact) mass is 263 g/mol. The molecule has 0 aromatic carbocycles. The number of halogens is 1. The molecule has 84 valence electrons. The molecule has 0 saturated heterocycles. The maximum absolute atomic E-state index is 11.9. The molecule has 0 aliphatic heterocycles. The van der Waals surface area contributed by atoms with E-state index < -0.39 is 0 Å². The number of carbonyl (C=O) groups is 1. The number of nitrogens with zero attached hydrogens (tertiary/aromatic N) is 1. The third-order valence-electron chi connectivity index (χ3n) is 2.48. The number of hydrogen-bond donors (Lipinski definition) is 0. The van der Waals surface area contributed by atoms with Crippen LogP contribution in [0, 0.1) is 5.92 Å². The number of alkyl halides is 1. The van der Waals surface area contributed by atoms with Gasteiger partial charge in [-0.2, -0.15) is 0 Å². The van der Waals surface area contributed by atoms with Gasteiger partial charge >= 0.3 is 0 Å². The van der Waals surface area contributed by atoms with Gasteiger partial charge in [-0.3, -0.25) is 4.79 Å². The first-order chi connectivity index (χ1) is 6.67. The number of rotatable bonds is 7. The van der Waals surface area contributed by atoms with E-state index in [-0.39, 0.29) is 5.92 Å². The zero-order valence-electron chi connectivity index (χ0n) is 9.55. The van der Waals surface area contributed by atoms with E-state index in [4.69, 9.17) is 0 Å². The van der Waals surface area contributed by atoms with E-state index in [0.717, 1.165) is 37.7 Å². The molecule has 3 heteroatoms. The van der Waals surface area contributed by atoms with Gasteiger partial charge in [0.25, 0.3) is 0 Å². The van der Waals surface area contributed by atoms with Crippen LogP contribution in [0.1, 0.15) is 40.0 Å². The van der Waals surface area contributed by atoms with E-state index in [2.05, 4.69) is 29.8 Å². The van der Waals surface area contributed by atoms with Crippen LogP contribution in [0.25, 0.3) is 0 Å². The maximum atomic E-state index is 11.9. The Morgan fingerprint density at radius 1 is 1.36 bits per heavy atom. The molecule has 0 aromatic rings. The summed E-state index contributed by atoms with van der Waals surface area (Å²) in [5.74, 6) is 0.478. The number of unbranched alkanes of at least 4 members (excludes halogenated alkanes) is 1. The van der Waals surface area contributed by atoms with Crippen LogP contribution in [0.4, 0.5) is 0 Å². The highest BCUT2D eigenvalue weighted by molar-refractivity contribution is 9.09. The third-order valence-corrected chi connectivity index (χ3v) is 2.84. The van der Waals surface area contributed by atoms with Crippen molar-refractivity contribution in [3.05, 3.63) is 0 Å². The smallest absolute Gasteiger partial charge is 0.225 e. The van der Waals surface area contributed by atoms with Gasteiger partial charge in [0.15, 0.2) is 0 Å². The predicted molar refractivity (Wildman–Crippen MR) is 64.7 cm³/mol. The molecule has 0 spiro atoms. The average molecular weight is 264 g/mol. The Hall–Kier alpha value is -0.0500. The van der Waals surface area contributed by atoms with E-state index in [1.54, 1.807) is 0 Å². The minimum absolute atomic E-state index is 0.172. The summed E-state index contributed by atoms with van der Waals surface area (Å²) < 4.78 is 0. The van der Waals surface area contributed by atoms with Crippen LogP contribution < -0.4 is 0 Å². The largest absolute Gasteiger partial charge is 0.342 e. The van der Waals surface area contributed by atoms with Crippen LogP contribution in [0.15, 0.2) is 0 Å². The lowest BCUT2D eigenvalue weighted by Crippen LogP contribution is -2.37. The maximum Gasteiger partial charge on any atom is 0.225 e. The molecule has 0 aliphatic carbocycles. The second kappa shape index (κ2) is 8.27. The number of amides is 1. The van der Waals surface area contributed by atoms with Gasteiger partial charge < -0.3 is 4.90 Å². The molecule has 1 unspecified atom stereocenters. The summed E-state index contributed by atoms with van der Waals surface area (Å²) in [5.41, 5.74) is 0.